The first-order chi connectivity index (χ1) is 12.0. The number of hydrogen-bond acceptors (Lipinski definition) is 4. The molecule has 2 N–H and O–H groups in total. The molecule has 6 nitrogen and oxygen atoms in total. The molecule has 1 heterocycles. The van der Waals surface area contributed by atoms with Crippen molar-refractivity contribution >= 4 is 16.9 Å². The maximum absolute atomic E-state index is 13.7. The highest BCUT2D eigenvalue weighted by molar-refractivity contribution is 5.94. The molecule has 0 spiro atoms. The zero-order chi connectivity index (χ0) is 18.0. The molecule has 0 aliphatic heterocycles. The lowest BCUT2D eigenvalue weighted by molar-refractivity contribution is -0.0521. The van der Waals surface area contributed by atoms with Crippen LogP contribution in [0.5, 0.6) is 5.75 Å². The fourth-order valence-corrected chi connectivity index (χ4v) is 2.40. The number of H-pyrrole nitrogens is 1. The van der Waals surface area contributed by atoms with Crippen molar-refractivity contribution in [3.63, 3.8) is 0 Å². The van der Waals surface area contributed by atoms with Crippen molar-refractivity contribution in [1.29, 1.82) is 0 Å². The van der Waals surface area contributed by atoms with Crippen molar-refractivity contribution in [3.8, 4) is 5.75 Å². The van der Waals surface area contributed by atoms with Gasteiger partial charge in [-0.1, -0.05) is 6.07 Å². The van der Waals surface area contributed by atoms with Gasteiger partial charge in [0, 0.05) is 17.7 Å². The fraction of sp³-hybridized carbons (Fsp3) is 0.188. The molecule has 0 radical (unpaired) electrons. The Balaban J connectivity index is 1.75. The molecule has 1 aromatic heterocycles. The van der Waals surface area contributed by atoms with E-state index in [1.165, 1.54) is 6.07 Å². The van der Waals surface area contributed by atoms with Crippen LogP contribution in [0.15, 0.2) is 30.3 Å². The number of nitrogens with zero attached hydrogens (tertiary/aromatic N) is 2. The number of fused-ring (bicyclic) bond motifs is 1. The molecule has 130 valence electrons. The minimum Gasteiger partial charge on any atom is -0.432 e. The first kappa shape index (κ1) is 16.7. The third-order valence-electron chi connectivity index (χ3n) is 3.66. The van der Waals surface area contributed by atoms with E-state index in [1.807, 2.05) is 13.0 Å². The van der Waals surface area contributed by atoms with Gasteiger partial charge in [0.15, 0.2) is 11.6 Å². The van der Waals surface area contributed by atoms with Gasteiger partial charge in [0.25, 0.3) is 5.91 Å². The summed E-state index contributed by atoms with van der Waals surface area (Å²) in [5.74, 6) is -2.21. The van der Waals surface area contributed by atoms with Crippen molar-refractivity contribution < 1.29 is 22.7 Å². The number of halogens is 3. The Kier molecular flexibility index (Phi) is 4.55. The van der Waals surface area contributed by atoms with Gasteiger partial charge in [0.1, 0.15) is 11.0 Å². The molecule has 3 aromatic rings. The molecule has 0 saturated heterocycles. The molecular formula is C16H13F3N4O2. The number of aromatic nitrogens is 3. The van der Waals surface area contributed by atoms with E-state index >= 15 is 0 Å². The monoisotopic (exact) mass is 350 g/mol. The van der Waals surface area contributed by atoms with Crippen LogP contribution < -0.4 is 10.1 Å². The number of carbonyl (C=O) groups excluding carboxylic acids is 1. The maximum Gasteiger partial charge on any atom is 0.387 e. The van der Waals surface area contributed by atoms with Gasteiger partial charge in [-0.15, -0.1) is 0 Å². The lowest BCUT2D eigenvalue weighted by Crippen LogP contribution is -2.23. The maximum atomic E-state index is 13.7. The van der Waals surface area contributed by atoms with Crippen LogP contribution in [0.1, 0.15) is 21.5 Å². The van der Waals surface area contributed by atoms with Crippen LogP contribution in [0.3, 0.4) is 0 Å². The molecule has 0 fully saturated rings. The van der Waals surface area contributed by atoms with Crippen LogP contribution in [0.2, 0.25) is 0 Å². The van der Waals surface area contributed by atoms with Gasteiger partial charge >= 0.3 is 6.61 Å². The molecule has 0 unspecified atom stereocenters. The van der Waals surface area contributed by atoms with Gasteiger partial charge < -0.3 is 10.1 Å². The molecule has 2 aromatic carbocycles. The number of benzene rings is 2. The quantitative estimate of drug-likeness (QED) is 0.741. The molecule has 9 heteroatoms. The molecule has 0 bridgehead atoms. The highest BCUT2D eigenvalue weighted by atomic mass is 19.3. The molecule has 0 saturated carbocycles. The number of aromatic amines is 1. The van der Waals surface area contributed by atoms with Gasteiger partial charge in [-0.2, -0.15) is 24.2 Å². The number of amides is 1. The lowest BCUT2D eigenvalue weighted by atomic mass is 10.1. The Hall–Kier alpha value is -3.10. The lowest BCUT2D eigenvalue weighted by Gasteiger charge is -2.10. The van der Waals surface area contributed by atoms with E-state index in [0.29, 0.717) is 11.0 Å². The van der Waals surface area contributed by atoms with E-state index in [4.69, 9.17) is 0 Å². The zero-order valence-electron chi connectivity index (χ0n) is 13.0. The van der Waals surface area contributed by atoms with E-state index in [-0.39, 0.29) is 12.1 Å². The number of hydrogen-bond donors (Lipinski definition) is 2. The summed E-state index contributed by atoms with van der Waals surface area (Å²) >= 11 is 0. The zero-order valence-corrected chi connectivity index (χ0v) is 13.0. The molecular weight excluding hydrogens is 337 g/mol. The van der Waals surface area contributed by atoms with Crippen molar-refractivity contribution in [2.45, 2.75) is 20.1 Å². The average Bonchev–Trinajstić information content (AvgIpc) is 3.04. The smallest absolute Gasteiger partial charge is 0.387 e. The first-order valence-electron chi connectivity index (χ1n) is 7.27. The number of aryl methyl sites for hydroxylation is 1. The normalized spacial score (nSPS) is 11.1. The van der Waals surface area contributed by atoms with E-state index < -0.39 is 24.1 Å². The second-order valence-corrected chi connectivity index (χ2v) is 5.26. The van der Waals surface area contributed by atoms with Crippen LogP contribution in [-0.4, -0.2) is 27.9 Å². The van der Waals surface area contributed by atoms with Crippen LogP contribution >= 0.6 is 0 Å². The number of ether oxygens (including phenoxy) is 1. The van der Waals surface area contributed by atoms with Gasteiger partial charge in [-0.3, -0.25) is 4.79 Å². The van der Waals surface area contributed by atoms with Gasteiger partial charge in [-0.05, 0) is 36.8 Å². The minimum absolute atomic E-state index is 0.0101. The average molecular weight is 350 g/mol. The van der Waals surface area contributed by atoms with Crippen molar-refractivity contribution in [2.75, 3.05) is 0 Å². The minimum atomic E-state index is -3.14. The fourth-order valence-electron chi connectivity index (χ4n) is 2.40. The Morgan fingerprint density at radius 1 is 1.28 bits per heavy atom. The summed E-state index contributed by atoms with van der Waals surface area (Å²) in [4.78, 5) is 12.2. The van der Waals surface area contributed by atoms with Crippen molar-refractivity contribution in [2.24, 2.45) is 0 Å². The third-order valence-corrected chi connectivity index (χ3v) is 3.66. The van der Waals surface area contributed by atoms with E-state index in [2.05, 4.69) is 25.5 Å². The number of nitrogens with one attached hydrogen (secondary N) is 2. The molecule has 3 rings (SSSR count). The van der Waals surface area contributed by atoms with Crippen LogP contribution in [0.25, 0.3) is 11.0 Å². The number of rotatable bonds is 5. The summed E-state index contributed by atoms with van der Waals surface area (Å²) in [5.41, 5.74) is 2.97. The van der Waals surface area contributed by atoms with Gasteiger partial charge in [0.2, 0.25) is 0 Å². The summed E-state index contributed by atoms with van der Waals surface area (Å²) in [6.45, 7) is -1.11. The standard InChI is InChI=1S/C16H13F3N4O2/c1-8-2-4-12-14(22-23-21-12)10(8)7-20-15(24)9-3-5-13(11(17)6-9)25-16(18)19/h2-6,16H,7H2,1H3,(H,20,24)(H,21,22,23). The van der Waals surface area contributed by atoms with Crippen molar-refractivity contribution in [1.82, 2.24) is 20.7 Å². The number of carbonyl (C=O) groups is 1. The number of alkyl halides is 2. The Morgan fingerprint density at radius 2 is 2.08 bits per heavy atom. The van der Waals surface area contributed by atoms with Crippen molar-refractivity contribution in [3.05, 3.63) is 52.8 Å². The van der Waals surface area contributed by atoms with Gasteiger partial charge in [-0.25, -0.2) is 4.39 Å². The van der Waals surface area contributed by atoms with Crippen LogP contribution in [0.4, 0.5) is 13.2 Å². The predicted molar refractivity (Wildman–Crippen MR) is 82.8 cm³/mol. The summed E-state index contributed by atoms with van der Waals surface area (Å²) in [7, 11) is 0. The molecule has 1 amide bonds. The second-order valence-electron chi connectivity index (χ2n) is 5.26. The highest BCUT2D eigenvalue weighted by Crippen LogP contribution is 2.21. The summed E-state index contributed by atoms with van der Waals surface area (Å²) < 4.78 is 42.0. The summed E-state index contributed by atoms with van der Waals surface area (Å²) in [6, 6.07) is 6.69. The topological polar surface area (TPSA) is 79.9 Å². The third kappa shape index (κ3) is 3.54. The SMILES string of the molecule is Cc1ccc2n[nH]nc2c1CNC(=O)c1ccc(OC(F)F)c(F)c1. The van der Waals surface area contributed by atoms with E-state index in [1.54, 1.807) is 6.07 Å². The summed E-state index contributed by atoms with van der Waals surface area (Å²) in [5, 5.41) is 13.2. The van der Waals surface area contributed by atoms with E-state index in [0.717, 1.165) is 23.3 Å². The predicted octanol–water partition coefficient (Wildman–Crippen LogP) is 2.94. The van der Waals surface area contributed by atoms with E-state index in [9.17, 15) is 18.0 Å². The molecule has 0 atom stereocenters. The van der Waals surface area contributed by atoms with Crippen LogP contribution in [-0.2, 0) is 6.54 Å². The molecule has 25 heavy (non-hydrogen) atoms. The first-order valence-corrected chi connectivity index (χ1v) is 7.27. The second kappa shape index (κ2) is 6.80. The highest BCUT2D eigenvalue weighted by Gasteiger charge is 2.15. The Labute approximate surface area is 140 Å². The largest absolute Gasteiger partial charge is 0.432 e. The Morgan fingerprint density at radius 3 is 2.80 bits per heavy atom. The van der Waals surface area contributed by atoms with Crippen LogP contribution in [0, 0.1) is 12.7 Å². The summed E-state index contributed by atoms with van der Waals surface area (Å²) in [6.07, 6.45) is 0. The van der Waals surface area contributed by atoms with Gasteiger partial charge in [0.05, 0.1) is 0 Å². The molecule has 0 aliphatic rings. The molecule has 0 aliphatic carbocycles. The Bertz CT molecular complexity index is 927.